The van der Waals surface area contributed by atoms with E-state index in [2.05, 4.69) is 35.6 Å². The van der Waals surface area contributed by atoms with Gasteiger partial charge < -0.3 is 15.6 Å². The minimum Gasteiger partial charge on any atom is -0.364 e. The molecule has 0 saturated heterocycles. The number of rotatable bonds is 5. The van der Waals surface area contributed by atoms with Crippen molar-refractivity contribution in [3.05, 3.63) is 66.2 Å². The second-order valence-corrected chi connectivity index (χ2v) is 5.91. The van der Waals surface area contributed by atoms with E-state index in [0.717, 1.165) is 17.8 Å². The number of imidazole rings is 1. The first-order valence-corrected chi connectivity index (χ1v) is 8.27. The Hall–Kier alpha value is -3.69. The number of aromatic nitrogens is 5. The van der Waals surface area contributed by atoms with Crippen molar-refractivity contribution in [2.45, 2.75) is 12.7 Å². The number of alkyl halides is 3. The van der Waals surface area contributed by atoms with Crippen LogP contribution in [0.25, 0.3) is 11.2 Å². The number of halogens is 3. The van der Waals surface area contributed by atoms with E-state index in [4.69, 9.17) is 0 Å². The van der Waals surface area contributed by atoms with Gasteiger partial charge in [-0.1, -0.05) is 12.1 Å². The minimum atomic E-state index is -4.39. The number of nitrogens with one attached hydrogen (secondary N) is 3. The van der Waals surface area contributed by atoms with Crippen molar-refractivity contribution in [2.24, 2.45) is 0 Å². The van der Waals surface area contributed by atoms with Crippen LogP contribution in [0.5, 0.6) is 0 Å². The Labute approximate surface area is 157 Å². The Morgan fingerprint density at radius 2 is 1.86 bits per heavy atom. The molecule has 0 amide bonds. The van der Waals surface area contributed by atoms with E-state index in [-0.39, 0.29) is 6.54 Å². The van der Waals surface area contributed by atoms with Crippen molar-refractivity contribution >= 4 is 28.6 Å². The molecule has 10 heteroatoms. The first-order valence-electron chi connectivity index (χ1n) is 8.27. The predicted molar refractivity (Wildman–Crippen MR) is 98.0 cm³/mol. The fourth-order valence-corrected chi connectivity index (χ4v) is 2.62. The number of hydrogen-bond donors (Lipinski definition) is 3. The smallest absolute Gasteiger partial charge is 0.364 e. The lowest BCUT2D eigenvalue weighted by Gasteiger charge is -2.11. The van der Waals surface area contributed by atoms with Crippen LogP contribution in [0, 0.1) is 0 Å². The summed E-state index contributed by atoms with van der Waals surface area (Å²) in [6.07, 6.45) is 0.346. The van der Waals surface area contributed by atoms with Gasteiger partial charge in [-0.25, -0.2) is 4.98 Å². The van der Waals surface area contributed by atoms with Crippen LogP contribution >= 0.6 is 0 Å². The average molecular weight is 385 g/mol. The summed E-state index contributed by atoms with van der Waals surface area (Å²) >= 11 is 0. The van der Waals surface area contributed by atoms with E-state index >= 15 is 0 Å². The number of anilines is 3. The third kappa shape index (κ3) is 3.85. The van der Waals surface area contributed by atoms with E-state index in [1.54, 1.807) is 30.6 Å². The summed E-state index contributed by atoms with van der Waals surface area (Å²) in [7, 11) is 0. The third-order valence-corrected chi connectivity index (χ3v) is 3.94. The monoisotopic (exact) mass is 385 g/mol. The van der Waals surface area contributed by atoms with Crippen LogP contribution in [-0.2, 0) is 12.7 Å². The third-order valence-electron chi connectivity index (χ3n) is 3.94. The molecule has 4 aromatic rings. The molecule has 3 N–H and O–H groups in total. The van der Waals surface area contributed by atoms with Crippen LogP contribution in [0.4, 0.5) is 30.6 Å². The van der Waals surface area contributed by atoms with Crippen molar-refractivity contribution in [1.82, 2.24) is 24.9 Å². The summed E-state index contributed by atoms with van der Waals surface area (Å²) in [6, 6.07) is 8.65. The van der Waals surface area contributed by atoms with Gasteiger partial charge in [0.2, 0.25) is 5.95 Å². The molecule has 0 bridgehead atoms. The molecule has 3 heterocycles. The summed E-state index contributed by atoms with van der Waals surface area (Å²) in [5, 5.41) is 6.10. The summed E-state index contributed by atoms with van der Waals surface area (Å²) in [5.41, 5.74) is 1.52. The first-order chi connectivity index (χ1) is 13.5. The molecular weight excluding hydrogens is 371 g/mol. The molecule has 28 heavy (non-hydrogen) atoms. The van der Waals surface area contributed by atoms with Crippen LogP contribution in [0.15, 0.2) is 55.1 Å². The number of nitrogens with zero attached hydrogens (tertiary/aromatic N) is 4. The topological polar surface area (TPSA) is 91.4 Å². The number of aromatic amines is 1. The van der Waals surface area contributed by atoms with Crippen LogP contribution < -0.4 is 10.6 Å². The molecule has 4 rings (SSSR count). The summed E-state index contributed by atoms with van der Waals surface area (Å²) in [4.78, 5) is 19.7. The summed E-state index contributed by atoms with van der Waals surface area (Å²) < 4.78 is 38.7. The second-order valence-electron chi connectivity index (χ2n) is 5.91. The average Bonchev–Trinajstić information content (AvgIpc) is 3.15. The molecule has 7 nitrogen and oxygen atoms in total. The lowest BCUT2D eigenvalue weighted by Crippen LogP contribution is -2.08. The Kier molecular flexibility index (Phi) is 4.52. The molecule has 1 aromatic carbocycles. The quantitative estimate of drug-likeness (QED) is 0.479. The molecular formula is C18H14F3N7. The highest BCUT2D eigenvalue weighted by Crippen LogP contribution is 2.30. The van der Waals surface area contributed by atoms with Crippen molar-refractivity contribution < 1.29 is 13.2 Å². The fourth-order valence-electron chi connectivity index (χ4n) is 2.62. The zero-order chi connectivity index (χ0) is 19.6. The van der Waals surface area contributed by atoms with Crippen LogP contribution in [-0.4, -0.2) is 24.9 Å². The normalized spacial score (nSPS) is 11.5. The molecule has 0 spiro atoms. The molecule has 0 unspecified atom stereocenters. The van der Waals surface area contributed by atoms with Crippen molar-refractivity contribution in [1.29, 1.82) is 0 Å². The van der Waals surface area contributed by atoms with Gasteiger partial charge in [-0.15, -0.1) is 0 Å². The van der Waals surface area contributed by atoms with Crippen LogP contribution in [0.3, 0.4) is 0 Å². The fraction of sp³-hybridized carbons (Fsp3) is 0.111. The van der Waals surface area contributed by atoms with Crippen LogP contribution in [0.1, 0.15) is 11.1 Å². The highest BCUT2D eigenvalue weighted by atomic mass is 19.4. The highest BCUT2D eigenvalue weighted by Gasteiger charge is 2.30. The van der Waals surface area contributed by atoms with Gasteiger partial charge in [0.05, 0.1) is 11.9 Å². The number of fused-ring (bicyclic) bond motifs is 1. The van der Waals surface area contributed by atoms with Crippen molar-refractivity contribution in [3.8, 4) is 0 Å². The molecule has 0 aliphatic carbocycles. The molecule has 0 radical (unpaired) electrons. The number of H-pyrrole nitrogens is 1. The first kappa shape index (κ1) is 17.7. The van der Waals surface area contributed by atoms with E-state index in [0.29, 0.717) is 28.5 Å². The van der Waals surface area contributed by atoms with Gasteiger partial charge in [0.25, 0.3) is 0 Å². The highest BCUT2D eigenvalue weighted by molar-refractivity contribution is 5.84. The molecule has 0 atom stereocenters. The zero-order valence-electron chi connectivity index (χ0n) is 14.3. The summed E-state index contributed by atoms with van der Waals surface area (Å²) in [5.74, 6) is 0.730. The SMILES string of the molecule is FC(F)(F)c1cccc(CNc2nc(Nc3ccncc3)nc3nc[nH]c23)c1. The Bertz CT molecular complexity index is 1090. The molecule has 0 saturated carbocycles. The number of pyridine rings is 1. The minimum absolute atomic E-state index is 0.156. The maximum atomic E-state index is 12.9. The van der Waals surface area contributed by atoms with Crippen LogP contribution in [0.2, 0.25) is 0 Å². The summed E-state index contributed by atoms with van der Waals surface area (Å²) in [6.45, 7) is 0.156. The van der Waals surface area contributed by atoms with Crippen molar-refractivity contribution in [3.63, 3.8) is 0 Å². The molecule has 0 aliphatic rings. The zero-order valence-corrected chi connectivity index (χ0v) is 14.3. The van der Waals surface area contributed by atoms with E-state index < -0.39 is 11.7 Å². The maximum Gasteiger partial charge on any atom is 0.416 e. The Morgan fingerprint density at radius 3 is 2.64 bits per heavy atom. The second kappa shape index (κ2) is 7.14. The Balaban J connectivity index is 1.59. The predicted octanol–water partition coefficient (Wildman–Crippen LogP) is 4.12. The lowest BCUT2D eigenvalue weighted by atomic mass is 10.1. The standard InChI is InChI=1S/C18H14F3N7/c19-18(20,21)12-3-1-2-11(8-12)9-23-15-14-16(25-10-24-14)28-17(27-15)26-13-4-6-22-7-5-13/h1-8,10H,9H2,(H3,22,23,24,25,26,27,28). The molecule has 3 aromatic heterocycles. The number of hydrogen-bond acceptors (Lipinski definition) is 6. The maximum absolute atomic E-state index is 12.9. The van der Waals surface area contributed by atoms with Gasteiger partial charge in [-0.3, -0.25) is 4.98 Å². The largest absolute Gasteiger partial charge is 0.416 e. The number of benzene rings is 1. The van der Waals surface area contributed by atoms with E-state index in [1.807, 2.05) is 0 Å². The van der Waals surface area contributed by atoms with Gasteiger partial charge in [-0.2, -0.15) is 23.1 Å². The molecule has 0 aliphatic heterocycles. The van der Waals surface area contributed by atoms with Gasteiger partial charge in [-0.05, 0) is 29.8 Å². The van der Waals surface area contributed by atoms with Crippen molar-refractivity contribution in [2.75, 3.05) is 10.6 Å². The van der Waals surface area contributed by atoms with Gasteiger partial charge >= 0.3 is 6.18 Å². The lowest BCUT2D eigenvalue weighted by molar-refractivity contribution is -0.137. The molecule has 142 valence electrons. The van der Waals surface area contributed by atoms with E-state index in [9.17, 15) is 13.2 Å². The van der Waals surface area contributed by atoms with E-state index in [1.165, 1.54) is 12.4 Å². The van der Waals surface area contributed by atoms with Gasteiger partial charge in [0, 0.05) is 24.6 Å². The van der Waals surface area contributed by atoms with Gasteiger partial charge in [0.15, 0.2) is 11.5 Å². The van der Waals surface area contributed by atoms with Gasteiger partial charge in [0.1, 0.15) is 5.52 Å². The Morgan fingerprint density at radius 1 is 1.04 bits per heavy atom. The molecule has 0 fully saturated rings.